The third-order valence-electron chi connectivity index (χ3n) is 3.19. The fourth-order valence-electron chi connectivity index (χ4n) is 2.08. The molecule has 1 amide bonds. The number of carbonyl (C=O) groups excluding carboxylic acids is 1. The summed E-state index contributed by atoms with van der Waals surface area (Å²) >= 11 is 0. The second-order valence-corrected chi connectivity index (χ2v) is 4.79. The Labute approximate surface area is 134 Å². The first kappa shape index (κ1) is 16.3. The molecule has 2 aromatic carbocycles. The highest BCUT2D eigenvalue weighted by molar-refractivity contribution is 5.95. The predicted octanol–water partition coefficient (Wildman–Crippen LogP) is 3.46. The quantitative estimate of drug-likeness (QED) is 0.801. The summed E-state index contributed by atoms with van der Waals surface area (Å²) in [6.07, 6.45) is 0.985. The van der Waals surface area contributed by atoms with E-state index >= 15 is 0 Å². The standard InChI is InChI=1S/C18H17NO4/c1-2-11-23-18(22)19-12-13-7-9-14(10-8-13)15-5-3-4-6-16(15)17(20)21/h2-10H,1,11-12H2,(H,19,22)(H,20,21). The number of carbonyl (C=O) groups is 2. The first-order chi connectivity index (χ1) is 11.1. The zero-order valence-corrected chi connectivity index (χ0v) is 12.5. The summed E-state index contributed by atoms with van der Waals surface area (Å²) in [5.74, 6) is -0.962. The Morgan fingerprint density at radius 2 is 1.83 bits per heavy atom. The van der Waals surface area contributed by atoms with E-state index in [2.05, 4.69) is 11.9 Å². The van der Waals surface area contributed by atoms with Crippen LogP contribution in [0.3, 0.4) is 0 Å². The van der Waals surface area contributed by atoms with Gasteiger partial charge in [-0.3, -0.25) is 0 Å². The predicted molar refractivity (Wildman–Crippen MR) is 87.2 cm³/mol. The number of aromatic carboxylic acids is 1. The summed E-state index contributed by atoms with van der Waals surface area (Å²) in [6, 6.07) is 14.2. The molecule has 0 aliphatic heterocycles. The summed E-state index contributed by atoms with van der Waals surface area (Å²) in [7, 11) is 0. The van der Waals surface area contributed by atoms with Crippen LogP contribution in [0.2, 0.25) is 0 Å². The zero-order valence-electron chi connectivity index (χ0n) is 12.5. The topological polar surface area (TPSA) is 75.6 Å². The number of hydrogen-bond acceptors (Lipinski definition) is 3. The number of hydrogen-bond donors (Lipinski definition) is 2. The molecule has 5 nitrogen and oxygen atoms in total. The zero-order chi connectivity index (χ0) is 16.7. The first-order valence-corrected chi connectivity index (χ1v) is 7.05. The number of carboxylic acids is 1. The highest BCUT2D eigenvalue weighted by Crippen LogP contribution is 2.24. The van der Waals surface area contributed by atoms with Crippen LogP contribution in [0.4, 0.5) is 4.79 Å². The van der Waals surface area contributed by atoms with Crippen molar-refractivity contribution in [3.63, 3.8) is 0 Å². The molecular formula is C18H17NO4. The third kappa shape index (κ3) is 4.44. The van der Waals surface area contributed by atoms with E-state index in [4.69, 9.17) is 4.74 Å². The minimum atomic E-state index is -0.962. The van der Waals surface area contributed by atoms with Gasteiger partial charge in [0.1, 0.15) is 6.61 Å². The van der Waals surface area contributed by atoms with Gasteiger partial charge in [-0.25, -0.2) is 9.59 Å². The number of carboxylic acid groups (broad SMARTS) is 1. The molecule has 2 aromatic rings. The van der Waals surface area contributed by atoms with Crippen molar-refractivity contribution in [2.75, 3.05) is 6.61 Å². The Kier molecular flexibility index (Phi) is 5.52. The molecule has 2 N–H and O–H groups in total. The minimum Gasteiger partial charge on any atom is -0.478 e. The summed E-state index contributed by atoms with van der Waals surface area (Å²) in [5, 5.41) is 11.8. The number of ether oxygens (including phenoxy) is 1. The van der Waals surface area contributed by atoms with E-state index in [1.807, 2.05) is 24.3 Å². The fraction of sp³-hybridized carbons (Fsp3) is 0.111. The highest BCUT2D eigenvalue weighted by atomic mass is 16.5. The maximum atomic E-state index is 11.3. The number of amides is 1. The molecule has 0 fully saturated rings. The van der Waals surface area contributed by atoms with Gasteiger partial charge in [-0.1, -0.05) is 55.1 Å². The van der Waals surface area contributed by atoms with Crippen molar-refractivity contribution in [3.05, 3.63) is 72.3 Å². The third-order valence-corrected chi connectivity index (χ3v) is 3.19. The van der Waals surface area contributed by atoms with Crippen LogP contribution in [-0.4, -0.2) is 23.8 Å². The normalized spacial score (nSPS) is 9.91. The molecule has 0 heterocycles. The first-order valence-electron chi connectivity index (χ1n) is 7.05. The molecule has 0 atom stereocenters. The smallest absolute Gasteiger partial charge is 0.407 e. The average Bonchev–Trinajstić information content (AvgIpc) is 2.58. The monoisotopic (exact) mass is 311 g/mol. The van der Waals surface area contributed by atoms with Gasteiger partial charge in [-0.2, -0.15) is 0 Å². The van der Waals surface area contributed by atoms with Gasteiger partial charge in [0.2, 0.25) is 0 Å². The van der Waals surface area contributed by atoms with Gasteiger partial charge < -0.3 is 15.2 Å². The lowest BCUT2D eigenvalue weighted by Gasteiger charge is -2.08. The second-order valence-electron chi connectivity index (χ2n) is 4.79. The van der Waals surface area contributed by atoms with E-state index in [9.17, 15) is 14.7 Å². The molecule has 0 radical (unpaired) electrons. The summed E-state index contributed by atoms with van der Waals surface area (Å²) in [5.41, 5.74) is 2.61. The largest absolute Gasteiger partial charge is 0.478 e. The van der Waals surface area contributed by atoms with Gasteiger partial charge in [0, 0.05) is 6.54 Å². The molecule has 2 rings (SSSR count). The molecule has 0 saturated carbocycles. The van der Waals surface area contributed by atoms with Crippen molar-refractivity contribution in [3.8, 4) is 11.1 Å². The van der Waals surface area contributed by atoms with Crippen molar-refractivity contribution in [2.24, 2.45) is 0 Å². The highest BCUT2D eigenvalue weighted by Gasteiger charge is 2.10. The van der Waals surface area contributed by atoms with Gasteiger partial charge in [0.05, 0.1) is 5.56 Å². The molecule has 0 bridgehead atoms. The molecular weight excluding hydrogens is 294 g/mol. The second kappa shape index (κ2) is 7.79. The summed E-state index contributed by atoms with van der Waals surface area (Å²) < 4.78 is 4.81. The number of nitrogens with one attached hydrogen (secondary N) is 1. The number of alkyl carbamates (subject to hydrolysis) is 1. The molecule has 0 unspecified atom stereocenters. The van der Waals surface area contributed by atoms with E-state index in [0.717, 1.165) is 11.1 Å². The van der Waals surface area contributed by atoms with Crippen LogP contribution in [0.1, 0.15) is 15.9 Å². The lowest BCUT2D eigenvalue weighted by atomic mass is 9.99. The van der Waals surface area contributed by atoms with Crippen molar-refractivity contribution in [1.82, 2.24) is 5.32 Å². The Hall–Kier alpha value is -3.08. The van der Waals surface area contributed by atoms with Crippen LogP contribution in [-0.2, 0) is 11.3 Å². The molecule has 118 valence electrons. The van der Waals surface area contributed by atoms with Gasteiger partial charge in [0.25, 0.3) is 0 Å². The minimum absolute atomic E-state index is 0.163. The van der Waals surface area contributed by atoms with Gasteiger partial charge in [0.15, 0.2) is 0 Å². The lowest BCUT2D eigenvalue weighted by Crippen LogP contribution is -2.23. The molecule has 0 saturated heterocycles. The maximum absolute atomic E-state index is 11.3. The average molecular weight is 311 g/mol. The number of benzene rings is 2. The Bertz CT molecular complexity index is 707. The van der Waals surface area contributed by atoms with Gasteiger partial charge >= 0.3 is 12.1 Å². The number of rotatable bonds is 6. The van der Waals surface area contributed by atoms with Crippen LogP contribution in [0.15, 0.2) is 61.2 Å². The van der Waals surface area contributed by atoms with Crippen LogP contribution in [0.5, 0.6) is 0 Å². The van der Waals surface area contributed by atoms with Crippen LogP contribution in [0.25, 0.3) is 11.1 Å². The molecule has 23 heavy (non-hydrogen) atoms. The van der Waals surface area contributed by atoms with Crippen molar-refractivity contribution < 1.29 is 19.4 Å². The maximum Gasteiger partial charge on any atom is 0.407 e. The van der Waals surface area contributed by atoms with Gasteiger partial charge in [-0.05, 0) is 22.8 Å². The molecule has 0 aliphatic carbocycles. The SMILES string of the molecule is C=CCOC(=O)NCc1ccc(-c2ccccc2C(=O)O)cc1. The van der Waals surface area contributed by atoms with E-state index in [0.29, 0.717) is 12.1 Å². The van der Waals surface area contributed by atoms with Gasteiger partial charge in [-0.15, -0.1) is 0 Å². The van der Waals surface area contributed by atoms with E-state index in [1.165, 1.54) is 6.08 Å². The van der Waals surface area contributed by atoms with Crippen LogP contribution >= 0.6 is 0 Å². The van der Waals surface area contributed by atoms with E-state index in [1.54, 1.807) is 24.3 Å². The van der Waals surface area contributed by atoms with E-state index < -0.39 is 12.1 Å². The fourth-order valence-corrected chi connectivity index (χ4v) is 2.08. The summed E-state index contributed by atoms with van der Waals surface area (Å²) in [6.45, 7) is 3.96. The molecule has 0 spiro atoms. The Morgan fingerprint density at radius 3 is 2.48 bits per heavy atom. The van der Waals surface area contributed by atoms with Crippen molar-refractivity contribution in [2.45, 2.75) is 6.54 Å². The Balaban J connectivity index is 2.07. The van der Waals surface area contributed by atoms with Crippen LogP contribution < -0.4 is 5.32 Å². The lowest BCUT2D eigenvalue weighted by molar-refractivity contribution is 0.0697. The van der Waals surface area contributed by atoms with E-state index in [-0.39, 0.29) is 12.2 Å². The molecule has 0 aromatic heterocycles. The van der Waals surface area contributed by atoms with Crippen molar-refractivity contribution >= 4 is 12.1 Å². The Morgan fingerprint density at radius 1 is 1.13 bits per heavy atom. The van der Waals surface area contributed by atoms with Crippen LogP contribution in [0, 0.1) is 0 Å². The molecule has 0 aliphatic rings. The molecule has 5 heteroatoms. The van der Waals surface area contributed by atoms with Crippen molar-refractivity contribution in [1.29, 1.82) is 0 Å². The summed E-state index contributed by atoms with van der Waals surface area (Å²) in [4.78, 5) is 22.6.